The zero-order valence-electron chi connectivity index (χ0n) is 42.3. The predicted molar refractivity (Wildman–Crippen MR) is 253 cm³/mol. The number of aromatic hydroxyl groups is 2. The third-order valence-electron chi connectivity index (χ3n) is 18.2. The van der Waals surface area contributed by atoms with Crippen LogP contribution in [0.15, 0.2) is 29.5 Å². The van der Waals surface area contributed by atoms with E-state index in [-0.39, 0.29) is 68.8 Å². The van der Waals surface area contributed by atoms with Crippen LogP contribution in [0, 0.1) is 39.9 Å². The summed E-state index contributed by atoms with van der Waals surface area (Å²) in [6, 6.07) is 4.81. The quantitative estimate of drug-likeness (QED) is 0.0703. The second-order valence-corrected chi connectivity index (χ2v) is 22.2. The van der Waals surface area contributed by atoms with Gasteiger partial charge in [0.2, 0.25) is 11.6 Å². The Bertz CT molecular complexity index is 2790. The number of allylic oxidation sites excluding steroid dienone is 1. The van der Waals surface area contributed by atoms with E-state index in [0.717, 1.165) is 38.5 Å². The Morgan fingerprint density at radius 1 is 0.960 bits per heavy atom. The number of rotatable bonds is 10. The molecule has 75 heavy (non-hydrogen) atoms. The Morgan fingerprint density at radius 3 is 2.36 bits per heavy atom. The number of hydrogen-bond donors (Lipinski definition) is 7. The molecule has 406 valence electrons. The number of hydrogen-bond acceptors (Lipinski definition) is 17. The SMILES string of the molecule is CCCCC(=O)OCC(=O)[C@]1(O)Cc2c(O)c3c(c(O)c2[C@@H](O[C@H]2C[C@H](NC(=O)C(F)(F)F)[C@H](O)[C@H](C)O2)C1)C(=O)c1c(OC)cccc1C3=O.C[C@]12CC[C@H]3[C@@H](CC[C@@]45O[C@@H]4C(O)=C(C#N)C[C@]35C)[C@@H]1CC[C@@H]2O. The summed E-state index contributed by atoms with van der Waals surface area (Å²) < 4.78 is 67.3. The van der Waals surface area contributed by atoms with Crippen LogP contribution < -0.4 is 10.1 Å². The number of phenolic OH excluding ortho intramolecular Hbond substituents is 2. The van der Waals surface area contributed by atoms with Gasteiger partial charge in [-0.15, -0.1) is 0 Å². The minimum atomic E-state index is -5.29. The lowest BCUT2D eigenvalue weighted by molar-refractivity contribution is -0.250. The zero-order valence-corrected chi connectivity index (χ0v) is 42.3. The van der Waals surface area contributed by atoms with E-state index in [1.165, 1.54) is 32.2 Å². The molecule has 0 unspecified atom stereocenters. The Balaban J connectivity index is 0.000000236. The van der Waals surface area contributed by atoms with Gasteiger partial charge >= 0.3 is 18.1 Å². The smallest absolute Gasteiger partial charge is 0.471 e. The van der Waals surface area contributed by atoms with E-state index >= 15 is 0 Å². The third-order valence-corrected chi connectivity index (χ3v) is 18.2. The summed E-state index contributed by atoms with van der Waals surface area (Å²) in [5.74, 6) is -5.69. The fraction of sp³-hybridized carbons (Fsp3) is 0.630. The highest BCUT2D eigenvalue weighted by molar-refractivity contribution is 6.31. The average molecular weight is 1050 g/mol. The molecule has 2 heterocycles. The topological polar surface area (TPSA) is 292 Å². The van der Waals surface area contributed by atoms with Gasteiger partial charge in [0, 0.05) is 47.8 Å². The summed E-state index contributed by atoms with van der Waals surface area (Å²) in [5, 5.41) is 77.6. The molecular formula is C54H63F3N2O16. The van der Waals surface area contributed by atoms with Crippen molar-refractivity contribution < 1.29 is 91.5 Å². The van der Waals surface area contributed by atoms with Crippen LogP contribution in [0.5, 0.6) is 17.2 Å². The molecule has 8 aliphatic rings. The van der Waals surface area contributed by atoms with Gasteiger partial charge in [-0.2, -0.15) is 18.4 Å². The second-order valence-electron chi connectivity index (χ2n) is 22.2. The molecule has 0 radical (unpaired) electrons. The number of nitrogens with one attached hydrogen (secondary N) is 1. The minimum Gasteiger partial charge on any atom is -0.508 e. The number of esters is 1. The molecule has 2 aliphatic heterocycles. The van der Waals surface area contributed by atoms with E-state index in [1.807, 2.05) is 6.92 Å². The van der Waals surface area contributed by atoms with Gasteiger partial charge in [0.1, 0.15) is 46.4 Å². The molecule has 1 amide bonds. The standard InChI is InChI=1S/C34H36F3NO13.C20H27NO3/c1-4-5-9-21(40)49-13-20(39)33(47)11-16-24(19(12-33)51-22-10-17(27(41)14(2)50-22)38-32(46)34(35,36)37)31(45)26-25(29(16)43)28(42)15-7-6-8-18(48-3)23(15)30(26)44;1-18-7-6-14-12(13(18)3-4-15(18)22)5-8-20-17(24-20)16(23)11(10-21)9-19(14,20)2/h6-8,14,17,19,22,27,41,43,45,47H,4-5,9-13H2,1-3H3,(H,38,46);12-15,17,22-23H,3-9H2,1-2H3/t14-,17-,19-,22-,27+,33-;12-,13-,14-,15-,17+,18-,19+,20+/m00/s1. The maximum Gasteiger partial charge on any atom is 0.471 e. The van der Waals surface area contributed by atoms with Gasteiger partial charge in [0.25, 0.3) is 0 Å². The van der Waals surface area contributed by atoms with E-state index in [4.69, 9.17) is 23.7 Å². The van der Waals surface area contributed by atoms with Crippen molar-refractivity contribution in [1.82, 2.24) is 5.32 Å². The van der Waals surface area contributed by atoms with E-state index < -0.39 is 120 Å². The van der Waals surface area contributed by atoms with Crippen LogP contribution in [0.25, 0.3) is 0 Å². The summed E-state index contributed by atoms with van der Waals surface area (Å²) in [7, 11) is 1.25. The first-order valence-corrected chi connectivity index (χ1v) is 25.6. The van der Waals surface area contributed by atoms with E-state index in [9.17, 15) is 73.0 Å². The van der Waals surface area contributed by atoms with Crippen molar-refractivity contribution in [2.24, 2.45) is 28.6 Å². The first-order valence-electron chi connectivity index (χ1n) is 25.6. The van der Waals surface area contributed by atoms with Crippen molar-refractivity contribution in [3.05, 3.63) is 62.9 Å². The summed E-state index contributed by atoms with van der Waals surface area (Å²) in [5.41, 5.74) is -4.51. The number of alkyl halides is 3. The van der Waals surface area contributed by atoms with Gasteiger partial charge < -0.3 is 59.6 Å². The number of nitriles is 1. The van der Waals surface area contributed by atoms with Crippen molar-refractivity contribution in [3.63, 3.8) is 0 Å². The molecule has 1 spiro atoms. The molecule has 0 bridgehead atoms. The number of aliphatic hydroxyl groups is 4. The number of amides is 1. The number of unbranched alkanes of at least 4 members (excludes halogenated alkanes) is 1. The number of phenols is 2. The van der Waals surface area contributed by atoms with Crippen LogP contribution in [0.3, 0.4) is 0 Å². The molecule has 2 aromatic carbocycles. The molecule has 5 fully saturated rings. The molecule has 7 N–H and O–H groups in total. The van der Waals surface area contributed by atoms with Crippen LogP contribution in [0.2, 0.25) is 0 Å². The maximum absolute atomic E-state index is 13.9. The number of halogens is 3. The van der Waals surface area contributed by atoms with Crippen molar-refractivity contribution in [2.45, 2.75) is 171 Å². The Morgan fingerprint density at radius 2 is 1.68 bits per heavy atom. The molecule has 10 rings (SSSR count). The van der Waals surface area contributed by atoms with Crippen molar-refractivity contribution in [1.29, 1.82) is 5.26 Å². The fourth-order valence-electron chi connectivity index (χ4n) is 14.1. The molecule has 0 aromatic heterocycles. The molecule has 14 atom stereocenters. The van der Waals surface area contributed by atoms with Crippen molar-refractivity contribution in [2.75, 3.05) is 13.7 Å². The van der Waals surface area contributed by atoms with Gasteiger partial charge in [0.05, 0.1) is 59.8 Å². The first kappa shape index (κ1) is 54.2. The molecular weight excluding hydrogens is 990 g/mol. The van der Waals surface area contributed by atoms with Gasteiger partial charge in [0.15, 0.2) is 18.7 Å². The Kier molecular flexibility index (Phi) is 14.0. The molecule has 18 nitrogen and oxygen atoms in total. The number of carbonyl (C=O) groups is 5. The van der Waals surface area contributed by atoms with Gasteiger partial charge in [-0.3, -0.25) is 24.0 Å². The van der Waals surface area contributed by atoms with E-state index in [2.05, 4.69) is 19.9 Å². The largest absolute Gasteiger partial charge is 0.508 e. The molecule has 21 heteroatoms. The van der Waals surface area contributed by atoms with Crippen LogP contribution in [0.1, 0.15) is 154 Å². The molecule has 3 saturated carbocycles. The van der Waals surface area contributed by atoms with Crippen LogP contribution >= 0.6 is 0 Å². The van der Waals surface area contributed by atoms with Crippen LogP contribution in [-0.4, -0.2) is 128 Å². The number of nitrogens with zero attached hydrogens (tertiary/aromatic N) is 1. The number of methoxy groups -OCH3 is 1. The van der Waals surface area contributed by atoms with Crippen molar-refractivity contribution in [3.8, 4) is 23.3 Å². The number of epoxide rings is 1. The minimum absolute atomic E-state index is 0.00489. The zero-order chi connectivity index (χ0) is 54.5. The predicted octanol–water partition coefficient (Wildman–Crippen LogP) is 5.93. The molecule has 2 saturated heterocycles. The van der Waals surface area contributed by atoms with Crippen LogP contribution in [-0.2, 0) is 39.8 Å². The number of fused-ring (bicyclic) bond motifs is 7. The normalized spacial score (nSPS) is 36.1. The van der Waals surface area contributed by atoms with Gasteiger partial charge in [-0.25, -0.2) is 0 Å². The fourth-order valence-corrected chi connectivity index (χ4v) is 14.1. The average Bonchev–Trinajstić information content (AvgIpc) is 4.08. The lowest BCUT2D eigenvalue weighted by Crippen LogP contribution is -2.57. The summed E-state index contributed by atoms with van der Waals surface area (Å²) in [6.45, 7) is 6.81. The monoisotopic (exact) mass is 1050 g/mol. The molecule has 2 aromatic rings. The highest BCUT2D eigenvalue weighted by Gasteiger charge is 2.76. The molecule has 6 aliphatic carbocycles. The number of carbonyl (C=O) groups excluding carboxylic acids is 5. The summed E-state index contributed by atoms with van der Waals surface area (Å²) >= 11 is 0. The highest BCUT2D eigenvalue weighted by atomic mass is 19.4. The lowest BCUT2D eigenvalue weighted by atomic mass is 9.45. The second kappa shape index (κ2) is 19.4. The van der Waals surface area contributed by atoms with Crippen molar-refractivity contribution >= 4 is 29.2 Å². The first-order chi connectivity index (χ1) is 35.3. The van der Waals surface area contributed by atoms with E-state index in [1.54, 1.807) is 5.32 Å². The number of ketones is 3. The highest BCUT2D eigenvalue weighted by Crippen LogP contribution is 2.73. The maximum atomic E-state index is 13.9. The number of benzene rings is 2. The number of Topliss-reactive ketones (excluding diaryl/α,β-unsaturated/α-hetero) is 1. The summed E-state index contributed by atoms with van der Waals surface area (Å²) in [6.07, 6.45) is -5.69. The Labute approximate surface area is 430 Å². The van der Waals surface area contributed by atoms with Crippen LogP contribution in [0.4, 0.5) is 13.2 Å². The number of ether oxygens (including phenoxy) is 5. The lowest BCUT2D eigenvalue weighted by Gasteiger charge is -2.58. The summed E-state index contributed by atoms with van der Waals surface area (Å²) in [4.78, 5) is 64.9. The third kappa shape index (κ3) is 8.76. The van der Waals surface area contributed by atoms with Gasteiger partial charge in [-0.05, 0) is 87.5 Å². The van der Waals surface area contributed by atoms with E-state index in [0.29, 0.717) is 42.6 Å². The number of aliphatic hydroxyl groups excluding tert-OH is 3. The van der Waals surface area contributed by atoms with Gasteiger partial charge in [-0.1, -0.05) is 39.3 Å². The Hall–Kier alpha value is -5.63.